The molecule has 2 heterocycles. The summed E-state index contributed by atoms with van der Waals surface area (Å²) < 4.78 is 0. The van der Waals surface area contributed by atoms with E-state index >= 15 is 0 Å². The van der Waals surface area contributed by atoms with Crippen LogP contribution in [0.2, 0.25) is 19.6 Å². The maximum absolute atomic E-state index is 3.73. The van der Waals surface area contributed by atoms with Crippen LogP contribution in [0.4, 0.5) is 0 Å². The minimum absolute atomic E-state index is 0.797. The highest BCUT2D eigenvalue weighted by molar-refractivity contribution is 6.88. The first-order valence-electron chi connectivity index (χ1n) is 7.39. The molecule has 0 saturated carbocycles. The molecule has 2 aliphatic rings. The van der Waals surface area contributed by atoms with E-state index in [1.54, 1.807) is 10.8 Å². The van der Waals surface area contributed by atoms with E-state index in [2.05, 4.69) is 49.2 Å². The molecule has 2 unspecified atom stereocenters. The molecule has 2 bridgehead atoms. The van der Waals surface area contributed by atoms with Crippen molar-refractivity contribution in [3.63, 3.8) is 0 Å². The second-order valence-corrected chi connectivity index (χ2v) is 12.3. The fourth-order valence-electron chi connectivity index (χ4n) is 3.58. The van der Waals surface area contributed by atoms with Crippen LogP contribution in [0.1, 0.15) is 37.2 Å². The van der Waals surface area contributed by atoms with E-state index in [0.717, 1.165) is 18.0 Å². The zero-order chi connectivity index (χ0) is 12.8. The van der Waals surface area contributed by atoms with Crippen LogP contribution in [0.3, 0.4) is 0 Å². The van der Waals surface area contributed by atoms with E-state index in [1.165, 1.54) is 25.7 Å². The number of hydrogen-bond acceptors (Lipinski definition) is 1. The van der Waals surface area contributed by atoms with Gasteiger partial charge in [0, 0.05) is 12.1 Å². The van der Waals surface area contributed by atoms with E-state index < -0.39 is 8.07 Å². The van der Waals surface area contributed by atoms with Gasteiger partial charge in [-0.1, -0.05) is 49.1 Å². The fourth-order valence-corrected chi connectivity index (χ4v) is 4.75. The van der Waals surface area contributed by atoms with Crippen molar-refractivity contribution in [1.82, 2.24) is 5.32 Å². The minimum Gasteiger partial charge on any atom is -0.311 e. The minimum atomic E-state index is -1.13. The smallest absolute Gasteiger partial charge is 0.0775 e. The Morgan fingerprint density at radius 2 is 1.50 bits per heavy atom. The molecule has 3 rings (SSSR count). The molecule has 18 heavy (non-hydrogen) atoms. The highest BCUT2D eigenvalue weighted by Gasteiger charge is 2.33. The summed E-state index contributed by atoms with van der Waals surface area (Å²) in [5.74, 6) is 0.805. The van der Waals surface area contributed by atoms with Gasteiger partial charge in [0.1, 0.15) is 0 Å². The molecule has 2 aliphatic heterocycles. The monoisotopic (exact) mass is 259 g/mol. The molecule has 1 aromatic rings. The van der Waals surface area contributed by atoms with E-state index in [1.807, 2.05) is 0 Å². The molecule has 0 spiro atoms. The van der Waals surface area contributed by atoms with E-state index in [4.69, 9.17) is 0 Å². The van der Waals surface area contributed by atoms with Crippen LogP contribution in [0.15, 0.2) is 24.3 Å². The Labute approximate surface area is 112 Å². The van der Waals surface area contributed by atoms with Crippen molar-refractivity contribution < 1.29 is 0 Å². The van der Waals surface area contributed by atoms with Crippen molar-refractivity contribution in [3.05, 3.63) is 29.8 Å². The van der Waals surface area contributed by atoms with Crippen LogP contribution < -0.4 is 10.5 Å². The summed E-state index contributed by atoms with van der Waals surface area (Å²) in [7, 11) is -1.13. The topological polar surface area (TPSA) is 12.0 Å². The van der Waals surface area contributed by atoms with Crippen LogP contribution >= 0.6 is 0 Å². The molecular formula is C16H25NSi. The Balaban J connectivity index is 1.77. The van der Waals surface area contributed by atoms with E-state index in [9.17, 15) is 0 Å². The van der Waals surface area contributed by atoms with Gasteiger partial charge in [-0.25, -0.2) is 0 Å². The zero-order valence-corrected chi connectivity index (χ0v) is 12.9. The third kappa shape index (κ3) is 2.41. The summed E-state index contributed by atoms with van der Waals surface area (Å²) in [5.41, 5.74) is 1.58. The molecule has 98 valence electrons. The summed E-state index contributed by atoms with van der Waals surface area (Å²) in [6.45, 7) is 7.27. The third-order valence-electron chi connectivity index (χ3n) is 4.72. The van der Waals surface area contributed by atoms with Gasteiger partial charge in [-0.3, -0.25) is 0 Å². The highest BCUT2D eigenvalue weighted by Crippen LogP contribution is 2.36. The van der Waals surface area contributed by atoms with Crippen molar-refractivity contribution in [3.8, 4) is 0 Å². The third-order valence-corrected chi connectivity index (χ3v) is 6.79. The van der Waals surface area contributed by atoms with Crippen LogP contribution in [0.5, 0.6) is 0 Å². The Bertz CT molecular complexity index is 406. The quantitative estimate of drug-likeness (QED) is 0.804. The molecule has 0 aliphatic carbocycles. The number of fused-ring (bicyclic) bond motifs is 2. The highest BCUT2D eigenvalue weighted by atomic mass is 28.3. The van der Waals surface area contributed by atoms with Crippen LogP contribution in [-0.2, 0) is 0 Å². The van der Waals surface area contributed by atoms with Gasteiger partial charge in [-0.15, -0.1) is 0 Å². The summed E-state index contributed by atoms with van der Waals surface area (Å²) in [5, 5.41) is 5.32. The second-order valence-electron chi connectivity index (χ2n) is 7.18. The predicted octanol–water partition coefficient (Wildman–Crippen LogP) is 3.23. The maximum atomic E-state index is 3.73. The average molecular weight is 259 g/mol. The van der Waals surface area contributed by atoms with Gasteiger partial charge >= 0.3 is 0 Å². The lowest BCUT2D eigenvalue weighted by Gasteiger charge is -2.29. The molecule has 2 heteroatoms. The van der Waals surface area contributed by atoms with Gasteiger partial charge < -0.3 is 5.32 Å². The average Bonchev–Trinajstić information content (AvgIpc) is 2.67. The molecule has 0 aromatic heterocycles. The Morgan fingerprint density at radius 3 is 2.00 bits per heavy atom. The number of nitrogens with one attached hydrogen (secondary N) is 1. The summed E-state index contributed by atoms with van der Waals surface area (Å²) in [6.07, 6.45) is 5.49. The Morgan fingerprint density at radius 1 is 0.944 bits per heavy atom. The van der Waals surface area contributed by atoms with Crippen molar-refractivity contribution >= 4 is 13.3 Å². The molecule has 2 saturated heterocycles. The SMILES string of the molecule is C[Si](C)(C)c1ccc(C2CC3CCC(C2)N3)cc1. The van der Waals surface area contributed by atoms with Crippen molar-refractivity contribution in [2.45, 2.75) is 63.3 Å². The standard InChI is InChI=1S/C16H25NSi/c1-18(2,3)16-8-4-12(5-9-16)13-10-14-6-7-15(11-13)17-14/h4-5,8-9,13-15,17H,6-7,10-11H2,1-3H3. The summed E-state index contributed by atoms with van der Waals surface area (Å²) >= 11 is 0. The molecule has 0 amide bonds. The molecule has 2 atom stereocenters. The number of rotatable bonds is 2. The lowest BCUT2D eigenvalue weighted by Crippen LogP contribution is -2.38. The molecule has 1 nitrogen and oxygen atoms in total. The predicted molar refractivity (Wildman–Crippen MR) is 81.3 cm³/mol. The van der Waals surface area contributed by atoms with Crippen LogP contribution in [-0.4, -0.2) is 20.2 Å². The van der Waals surface area contributed by atoms with E-state index in [0.29, 0.717) is 0 Å². The fraction of sp³-hybridized carbons (Fsp3) is 0.625. The number of piperidine rings is 1. The van der Waals surface area contributed by atoms with Crippen molar-refractivity contribution in [2.75, 3.05) is 0 Å². The van der Waals surface area contributed by atoms with Crippen LogP contribution in [0, 0.1) is 0 Å². The normalized spacial score (nSPS) is 31.6. The lowest BCUT2D eigenvalue weighted by molar-refractivity contribution is 0.363. The van der Waals surface area contributed by atoms with Gasteiger partial charge in [-0.05, 0) is 37.2 Å². The van der Waals surface area contributed by atoms with Gasteiger partial charge in [0.05, 0.1) is 8.07 Å². The van der Waals surface area contributed by atoms with Gasteiger partial charge in [-0.2, -0.15) is 0 Å². The van der Waals surface area contributed by atoms with Crippen LogP contribution in [0.25, 0.3) is 0 Å². The van der Waals surface area contributed by atoms with Gasteiger partial charge in [0.25, 0.3) is 0 Å². The molecule has 2 fully saturated rings. The molecule has 0 radical (unpaired) electrons. The Kier molecular flexibility index (Phi) is 3.11. The molecular weight excluding hydrogens is 234 g/mol. The first-order chi connectivity index (χ1) is 8.52. The summed E-state index contributed by atoms with van der Waals surface area (Å²) in [6, 6.07) is 11.2. The number of hydrogen-bond donors (Lipinski definition) is 1. The lowest BCUT2D eigenvalue weighted by atomic mass is 9.86. The van der Waals surface area contributed by atoms with Crippen molar-refractivity contribution in [1.29, 1.82) is 0 Å². The van der Waals surface area contributed by atoms with Gasteiger partial charge in [0.15, 0.2) is 0 Å². The number of benzene rings is 1. The second kappa shape index (κ2) is 4.50. The Hall–Kier alpha value is -0.603. The van der Waals surface area contributed by atoms with Gasteiger partial charge in [0.2, 0.25) is 0 Å². The summed E-state index contributed by atoms with van der Waals surface area (Å²) in [4.78, 5) is 0. The van der Waals surface area contributed by atoms with E-state index in [-0.39, 0.29) is 0 Å². The largest absolute Gasteiger partial charge is 0.311 e. The first kappa shape index (κ1) is 12.4. The first-order valence-corrected chi connectivity index (χ1v) is 10.9. The zero-order valence-electron chi connectivity index (χ0n) is 11.9. The molecule has 1 N–H and O–H groups in total. The maximum Gasteiger partial charge on any atom is 0.0775 e. The molecule has 1 aromatic carbocycles. The van der Waals surface area contributed by atoms with Crippen molar-refractivity contribution in [2.24, 2.45) is 0 Å².